The van der Waals surface area contributed by atoms with Crippen molar-refractivity contribution >= 4 is 0 Å². The number of rotatable bonds is 5. The summed E-state index contributed by atoms with van der Waals surface area (Å²) in [5.74, 6) is 0. The zero-order chi connectivity index (χ0) is 10.9. The van der Waals surface area contributed by atoms with Crippen molar-refractivity contribution in [1.29, 1.82) is 0 Å². The molecule has 0 bridgehead atoms. The minimum atomic E-state index is -0.357. The highest BCUT2D eigenvalue weighted by atomic mass is 19.1. The van der Waals surface area contributed by atoms with Crippen molar-refractivity contribution < 1.29 is 17.9 Å². The number of hydrogen-bond acceptors (Lipinski definition) is 1. The zero-order valence-corrected chi connectivity index (χ0v) is 8.78. The average Bonchev–Trinajstić information content (AvgIpc) is 2.17. The van der Waals surface area contributed by atoms with Gasteiger partial charge in [0, 0.05) is 6.61 Å². The highest BCUT2D eigenvalue weighted by molar-refractivity contribution is 4.30. The van der Waals surface area contributed by atoms with E-state index in [4.69, 9.17) is 4.74 Å². The van der Waals surface area contributed by atoms with E-state index in [0.717, 1.165) is 12.8 Å². The Kier molecular flexibility index (Phi) is 42.5. The summed E-state index contributed by atoms with van der Waals surface area (Å²) in [5.41, 5.74) is 0. The zero-order valence-electron chi connectivity index (χ0n) is 8.78. The second-order valence-electron chi connectivity index (χ2n) is 1.92. The van der Waals surface area contributed by atoms with Crippen molar-refractivity contribution in [2.75, 3.05) is 33.7 Å². The highest BCUT2D eigenvalue weighted by Crippen LogP contribution is 1.86. The van der Waals surface area contributed by atoms with Gasteiger partial charge in [-0.3, -0.25) is 8.78 Å². The molecule has 0 amide bonds. The molecule has 0 aliphatic heterocycles. The van der Waals surface area contributed by atoms with E-state index in [9.17, 15) is 13.2 Å². The van der Waals surface area contributed by atoms with Gasteiger partial charge in [0.1, 0.15) is 6.67 Å². The van der Waals surface area contributed by atoms with Gasteiger partial charge in [-0.1, -0.05) is 13.3 Å². The number of halogens is 3. The number of hydrogen-bond donors (Lipinski definition) is 0. The number of unbranched alkanes of at least 4 members (excludes halogenated alkanes) is 1. The lowest BCUT2D eigenvalue weighted by Gasteiger charge is -1.96. The maximum absolute atomic E-state index is 11.3. The van der Waals surface area contributed by atoms with Crippen LogP contribution in [-0.4, -0.2) is 33.7 Å². The first kappa shape index (κ1) is 18.5. The van der Waals surface area contributed by atoms with Crippen LogP contribution < -0.4 is 0 Å². The SMILES string of the molecule is CCCCOCCF.CCF.CF. The van der Waals surface area contributed by atoms with Crippen LogP contribution in [0, 0.1) is 0 Å². The molecule has 0 rings (SSSR count). The summed E-state index contributed by atoms with van der Waals surface area (Å²) >= 11 is 0. The first-order chi connectivity index (χ1) is 6.33. The molecule has 0 fully saturated rings. The van der Waals surface area contributed by atoms with Gasteiger partial charge < -0.3 is 4.74 Å². The molecule has 4 heteroatoms. The van der Waals surface area contributed by atoms with Gasteiger partial charge in [-0.15, -0.1) is 0 Å². The first-order valence-electron chi connectivity index (χ1n) is 4.40. The molecule has 13 heavy (non-hydrogen) atoms. The van der Waals surface area contributed by atoms with E-state index in [1.165, 1.54) is 6.92 Å². The fourth-order valence-electron chi connectivity index (χ4n) is 0.403. The summed E-state index contributed by atoms with van der Waals surface area (Å²) in [6, 6.07) is 0. The molecule has 0 aromatic carbocycles. The van der Waals surface area contributed by atoms with Crippen molar-refractivity contribution in [3.8, 4) is 0 Å². The van der Waals surface area contributed by atoms with E-state index in [-0.39, 0.29) is 20.0 Å². The first-order valence-corrected chi connectivity index (χ1v) is 4.40. The standard InChI is InChI=1S/C6H13FO.C2H5F.CH3F/c1-2-3-5-8-6-4-7;1-2-3;1-2/h2-6H2,1H3;2H2,1H3;1H3. The van der Waals surface area contributed by atoms with Crippen LogP contribution in [-0.2, 0) is 4.74 Å². The molecule has 0 saturated carbocycles. The van der Waals surface area contributed by atoms with Crippen LogP contribution in [0.25, 0.3) is 0 Å². The molecule has 1 nitrogen and oxygen atoms in total. The Bertz CT molecular complexity index is 48.1. The van der Waals surface area contributed by atoms with E-state index in [1.807, 2.05) is 0 Å². The lowest BCUT2D eigenvalue weighted by Crippen LogP contribution is -1.96. The van der Waals surface area contributed by atoms with Crippen LogP contribution in [0.5, 0.6) is 0 Å². The van der Waals surface area contributed by atoms with Gasteiger partial charge in [-0.25, -0.2) is 4.39 Å². The third-order valence-electron chi connectivity index (χ3n) is 0.864. The van der Waals surface area contributed by atoms with E-state index in [1.54, 1.807) is 0 Å². The van der Waals surface area contributed by atoms with Crippen molar-refractivity contribution in [1.82, 2.24) is 0 Å². The van der Waals surface area contributed by atoms with E-state index < -0.39 is 0 Å². The van der Waals surface area contributed by atoms with Gasteiger partial charge in [0.2, 0.25) is 0 Å². The van der Waals surface area contributed by atoms with E-state index in [2.05, 4.69) is 6.92 Å². The molecular formula is C9H21F3O. The summed E-state index contributed by atoms with van der Waals surface area (Å²) in [5, 5.41) is 0. The summed E-state index contributed by atoms with van der Waals surface area (Å²) in [7, 11) is 0.500. The summed E-state index contributed by atoms with van der Waals surface area (Å²) in [4.78, 5) is 0. The molecule has 0 aliphatic rings. The lowest BCUT2D eigenvalue weighted by molar-refractivity contribution is 0.116. The normalized spacial score (nSPS) is 7.85. The Hall–Kier alpha value is -0.250. The van der Waals surface area contributed by atoms with Gasteiger partial charge in [0.25, 0.3) is 0 Å². The molecule has 0 aromatic heterocycles. The van der Waals surface area contributed by atoms with Crippen molar-refractivity contribution in [3.05, 3.63) is 0 Å². The minimum absolute atomic E-state index is 0.250. The number of alkyl halides is 3. The van der Waals surface area contributed by atoms with Crippen LogP contribution in [0.15, 0.2) is 0 Å². The molecule has 84 valence electrons. The fraction of sp³-hybridized carbons (Fsp3) is 1.00. The van der Waals surface area contributed by atoms with Gasteiger partial charge in [-0.05, 0) is 13.3 Å². The maximum Gasteiger partial charge on any atom is 0.113 e. The summed E-state index contributed by atoms with van der Waals surface area (Å²) < 4.78 is 35.9. The third kappa shape index (κ3) is 49.5. The summed E-state index contributed by atoms with van der Waals surface area (Å²) in [6.45, 7) is 3.91. The second-order valence-corrected chi connectivity index (χ2v) is 1.92. The van der Waals surface area contributed by atoms with Crippen molar-refractivity contribution in [3.63, 3.8) is 0 Å². The number of ether oxygens (including phenoxy) is 1. The van der Waals surface area contributed by atoms with Crippen molar-refractivity contribution in [2.24, 2.45) is 0 Å². The predicted octanol–water partition coefficient (Wildman–Crippen LogP) is 3.33. The Balaban J connectivity index is -0.000000169. The van der Waals surface area contributed by atoms with Crippen LogP contribution in [0.1, 0.15) is 26.7 Å². The monoisotopic (exact) mass is 202 g/mol. The van der Waals surface area contributed by atoms with Crippen LogP contribution in [0.2, 0.25) is 0 Å². The summed E-state index contributed by atoms with van der Waals surface area (Å²) in [6.07, 6.45) is 2.16. The molecule has 0 saturated heterocycles. The van der Waals surface area contributed by atoms with Crippen LogP contribution in [0.4, 0.5) is 13.2 Å². The molecule has 0 spiro atoms. The molecule has 0 aromatic rings. The fourth-order valence-corrected chi connectivity index (χ4v) is 0.403. The van der Waals surface area contributed by atoms with Gasteiger partial charge in [0.15, 0.2) is 0 Å². The van der Waals surface area contributed by atoms with E-state index >= 15 is 0 Å². The van der Waals surface area contributed by atoms with Crippen LogP contribution in [0.3, 0.4) is 0 Å². The van der Waals surface area contributed by atoms with Gasteiger partial charge >= 0.3 is 0 Å². The average molecular weight is 202 g/mol. The van der Waals surface area contributed by atoms with Crippen LogP contribution >= 0.6 is 0 Å². The predicted molar refractivity (Wildman–Crippen MR) is 50.4 cm³/mol. The second kappa shape index (κ2) is 29.8. The molecular weight excluding hydrogens is 181 g/mol. The Morgan fingerprint density at radius 3 is 1.77 bits per heavy atom. The molecule has 0 radical (unpaired) electrons. The molecule has 0 N–H and O–H groups in total. The third-order valence-corrected chi connectivity index (χ3v) is 0.864. The lowest BCUT2D eigenvalue weighted by atomic mass is 10.4. The Morgan fingerprint density at radius 2 is 1.46 bits per heavy atom. The smallest absolute Gasteiger partial charge is 0.113 e. The van der Waals surface area contributed by atoms with Crippen molar-refractivity contribution in [2.45, 2.75) is 26.7 Å². The van der Waals surface area contributed by atoms with Gasteiger partial charge in [-0.2, -0.15) is 0 Å². The maximum atomic E-state index is 11.3. The molecule has 0 heterocycles. The highest BCUT2D eigenvalue weighted by Gasteiger charge is 1.83. The Morgan fingerprint density at radius 1 is 1.00 bits per heavy atom. The van der Waals surface area contributed by atoms with E-state index in [0.29, 0.717) is 13.8 Å². The molecule has 0 unspecified atom stereocenters. The van der Waals surface area contributed by atoms with Gasteiger partial charge in [0.05, 0.1) is 20.5 Å². The molecule has 0 atom stereocenters. The topological polar surface area (TPSA) is 9.23 Å². The molecule has 0 aliphatic carbocycles. The largest absolute Gasteiger partial charge is 0.379 e. The minimum Gasteiger partial charge on any atom is -0.379 e. The Labute approximate surface area is 79.3 Å². The quantitative estimate of drug-likeness (QED) is 0.621.